The molecule has 0 spiro atoms. The molecule has 1 saturated heterocycles. The van der Waals surface area contributed by atoms with Gasteiger partial charge in [0.05, 0.1) is 13.2 Å². The summed E-state index contributed by atoms with van der Waals surface area (Å²) in [6.07, 6.45) is 3.16. The number of carbonyl (C=O) groups is 1. The van der Waals surface area contributed by atoms with Crippen molar-refractivity contribution in [2.45, 2.75) is 25.8 Å². The van der Waals surface area contributed by atoms with Crippen molar-refractivity contribution >= 4 is 11.6 Å². The van der Waals surface area contributed by atoms with Gasteiger partial charge in [-0.2, -0.15) is 0 Å². The monoisotopic (exact) mass is 363 g/mol. The lowest BCUT2D eigenvalue weighted by Crippen LogP contribution is -2.36. The van der Waals surface area contributed by atoms with Crippen LogP contribution in [0.4, 0.5) is 0 Å². The molecule has 6 heteroatoms. The van der Waals surface area contributed by atoms with Gasteiger partial charge in [-0.15, -0.1) is 0 Å². The number of hydrogen-bond acceptors (Lipinski definition) is 4. The molecule has 0 unspecified atom stereocenters. The van der Waals surface area contributed by atoms with Gasteiger partial charge in [-0.3, -0.25) is 14.0 Å². The zero-order valence-electron chi connectivity index (χ0n) is 15.4. The second kappa shape index (κ2) is 6.87. The van der Waals surface area contributed by atoms with E-state index in [-0.39, 0.29) is 23.1 Å². The molecule has 27 heavy (non-hydrogen) atoms. The molecule has 0 radical (unpaired) electrons. The van der Waals surface area contributed by atoms with Crippen molar-refractivity contribution in [1.82, 2.24) is 14.3 Å². The van der Waals surface area contributed by atoms with Crippen LogP contribution in [0.2, 0.25) is 0 Å². The summed E-state index contributed by atoms with van der Waals surface area (Å²) in [5, 5.41) is 0. The molecule has 0 bridgehead atoms. The fourth-order valence-corrected chi connectivity index (χ4v) is 3.78. The van der Waals surface area contributed by atoms with Crippen LogP contribution in [0.25, 0.3) is 5.65 Å². The van der Waals surface area contributed by atoms with Crippen molar-refractivity contribution in [3.05, 3.63) is 75.8 Å². The molecule has 4 rings (SSSR count). The first kappa shape index (κ1) is 17.3. The number of carbonyl (C=O) groups excluding carboxylic acids is 1. The van der Waals surface area contributed by atoms with Crippen molar-refractivity contribution in [3.8, 4) is 5.75 Å². The summed E-state index contributed by atoms with van der Waals surface area (Å²) >= 11 is 0. The minimum atomic E-state index is -0.320. The van der Waals surface area contributed by atoms with Crippen LogP contribution in [0, 0.1) is 6.92 Å². The molecule has 0 N–H and O–H groups in total. The quantitative estimate of drug-likeness (QED) is 0.718. The standard InChI is InChI=1S/C21H21N3O3/c1-14-6-3-10-19-22-13-17(21(26)24(14)19)20(25)23-11-5-9-18(23)15-7-4-8-16(12-15)27-2/h3-4,6-8,10,12-13,18H,5,9,11H2,1-2H3/t18-/m0/s1. The average Bonchev–Trinajstić information content (AvgIpc) is 3.18. The number of aromatic nitrogens is 2. The number of nitrogens with zero attached hydrogens (tertiary/aromatic N) is 3. The van der Waals surface area contributed by atoms with Crippen molar-refractivity contribution in [2.24, 2.45) is 0 Å². The van der Waals surface area contributed by atoms with E-state index in [2.05, 4.69) is 4.98 Å². The van der Waals surface area contributed by atoms with Crippen LogP contribution in [0.1, 0.15) is 40.5 Å². The number of ether oxygens (including phenoxy) is 1. The largest absolute Gasteiger partial charge is 0.497 e. The van der Waals surface area contributed by atoms with Crippen molar-refractivity contribution in [1.29, 1.82) is 0 Å². The maximum Gasteiger partial charge on any atom is 0.270 e. The van der Waals surface area contributed by atoms with E-state index in [4.69, 9.17) is 4.74 Å². The first-order chi connectivity index (χ1) is 13.1. The molecule has 1 aliphatic rings. The Hall–Kier alpha value is -3.15. The number of aryl methyl sites for hydroxylation is 1. The predicted molar refractivity (Wildman–Crippen MR) is 102 cm³/mol. The van der Waals surface area contributed by atoms with Gasteiger partial charge in [0, 0.05) is 18.4 Å². The minimum absolute atomic E-state index is 0.0652. The summed E-state index contributed by atoms with van der Waals surface area (Å²) in [4.78, 5) is 32.2. The molecule has 3 aromatic rings. The second-order valence-corrected chi connectivity index (χ2v) is 6.77. The molecule has 138 valence electrons. The van der Waals surface area contributed by atoms with Crippen LogP contribution in [0.15, 0.2) is 53.5 Å². The van der Waals surface area contributed by atoms with Gasteiger partial charge < -0.3 is 9.64 Å². The van der Waals surface area contributed by atoms with Gasteiger partial charge in [0.15, 0.2) is 0 Å². The first-order valence-corrected chi connectivity index (χ1v) is 9.02. The Kier molecular flexibility index (Phi) is 4.39. The number of hydrogen-bond donors (Lipinski definition) is 0. The molecule has 1 amide bonds. The Labute approximate surface area is 157 Å². The number of pyridine rings is 1. The summed E-state index contributed by atoms with van der Waals surface area (Å²) in [5.41, 5.74) is 2.11. The number of fused-ring (bicyclic) bond motifs is 1. The third-order valence-corrected chi connectivity index (χ3v) is 5.15. The molecular formula is C21H21N3O3. The van der Waals surface area contributed by atoms with E-state index in [1.165, 1.54) is 10.6 Å². The van der Waals surface area contributed by atoms with Gasteiger partial charge in [-0.25, -0.2) is 4.98 Å². The van der Waals surface area contributed by atoms with E-state index >= 15 is 0 Å². The fraction of sp³-hybridized carbons (Fsp3) is 0.286. The van der Waals surface area contributed by atoms with Crippen LogP contribution in [0.3, 0.4) is 0 Å². The Bertz CT molecular complexity index is 1070. The lowest BCUT2D eigenvalue weighted by molar-refractivity contribution is 0.0733. The highest BCUT2D eigenvalue weighted by atomic mass is 16.5. The van der Waals surface area contributed by atoms with Gasteiger partial charge in [-0.1, -0.05) is 18.2 Å². The van der Waals surface area contributed by atoms with Crippen LogP contribution in [0.5, 0.6) is 5.75 Å². The smallest absolute Gasteiger partial charge is 0.270 e. The molecule has 2 aromatic heterocycles. The zero-order valence-corrected chi connectivity index (χ0v) is 15.4. The van der Waals surface area contributed by atoms with E-state index in [1.807, 2.05) is 43.3 Å². The summed E-state index contributed by atoms with van der Waals surface area (Å²) in [5.74, 6) is 0.491. The summed E-state index contributed by atoms with van der Waals surface area (Å²) in [6.45, 7) is 2.45. The van der Waals surface area contributed by atoms with Crippen LogP contribution >= 0.6 is 0 Å². The fourth-order valence-electron chi connectivity index (χ4n) is 3.78. The molecule has 3 heterocycles. The van der Waals surface area contributed by atoms with Gasteiger partial charge in [0.2, 0.25) is 0 Å². The molecule has 1 aromatic carbocycles. The maximum absolute atomic E-state index is 13.2. The van der Waals surface area contributed by atoms with E-state index in [0.29, 0.717) is 12.2 Å². The molecular weight excluding hydrogens is 342 g/mol. The van der Waals surface area contributed by atoms with Gasteiger partial charge >= 0.3 is 0 Å². The van der Waals surface area contributed by atoms with Crippen LogP contribution in [-0.4, -0.2) is 33.8 Å². The summed E-state index contributed by atoms with van der Waals surface area (Å²) in [6, 6.07) is 13.1. The maximum atomic E-state index is 13.2. The van der Waals surface area contributed by atoms with Crippen LogP contribution < -0.4 is 10.3 Å². The van der Waals surface area contributed by atoms with E-state index in [9.17, 15) is 9.59 Å². The molecule has 1 aliphatic heterocycles. The van der Waals surface area contributed by atoms with Crippen molar-refractivity contribution < 1.29 is 9.53 Å². The lowest BCUT2D eigenvalue weighted by Gasteiger charge is -2.25. The molecule has 0 aliphatic carbocycles. The van der Waals surface area contributed by atoms with E-state index in [0.717, 1.165) is 29.8 Å². The zero-order chi connectivity index (χ0) is 19.0. The number of amides is 1. The van der Waals surface area contributed by atoms with Gasteiger partial charge in [-0.05, 0) is 49.6 Å². The molecule has 1 atom stereocenters. The summed E-state index contributed by atoms with van der Waals surface area (Å²) in [7, 11) is 1.63. The SMILES string of the molecule is COc1cccc([C@@H]2CCCN2C(=O)c2cnc3cccc(C)n3c2=O)c1. The third-order valence-electron chi connectivity index (χ3n) is 5.15. The average molecular weight is 363 g/mol. The number of methoxy groups -OCH3 is 1. The highest BCUT2D eigenvalue weighted by molar-refractivity contribution is 5.94. The topological polar surface area (TPSA) is 63.9 Å². The lowest BCUT2D eigenvalue weighted by atomic mass is 10.0. The Balaban J connectivity index is 1.73. The number of benzene rings is 1. The third kappa shape index (κ3) is 2.97. The Morgan fingerprint density at radius 3 is 2.85 bits per heavy atom. The van der Waals surface area contributed by atoms with Crippen molar-refractivity contribution in [2.75, 3.05) is 13.7 Å². The normalized spacial score (nSPS) is 16.7. The summed E-state index contributed by atoms with van der Waals surface area (Å²) < 4.78 is 6.80. The number of likely N-dealkylation sites (tertiary alicyclic amines) is 1. The van der Waals surface area contributed by atoms with Crippen molar-refractivity contribution in [3.63, 3.8) is 0 Å². The number of rotatable bonds is 3. The molecule has 6 nitrogen and oxygen atoms in total. The second-order valence-electron chi connectivity index (χ2n) is 6.77. The van der Waals surface area contributed by atoms with E-state index < -0.39 is 0 Å². The highest BCUT2D eigenvalue weighted by Gasteiger charge is 2.32. The predicted octanol–water partition coefficient (Wildman–Crippen LogP) is 2.99. The molecule has 1 fully saturated rings. The van der Waals surface area contributed by atoms with E-state index in [1.54, 1.807) is 18.1 Å². The minimum Gasteiger partial charge on any atom is -0.497 e. The Morgan fingerprint density at radius 1 is 1.22 bits per heavy atom. The van der Waals surface area contributed by atoms with Crippen LogP contribution in [-0.2, 0) is 0 Å². The van der Waals surface area contributed by atoms with Gasteiger partial charge in [0.1, 0.15) is 17.0 Å². The highest BCUT2D eigenvalue weighted by Crippen LogP contribution is 2.34. The molecule has 0 saturated carbocycles. The Morgan fingerprint density at radius 2 is 2.04 bits per heavy atom. The first-order valence-electron chi connectivity index (χ1n) is 9.02. The van der Waals surface area contributed by atoms with Gasteiger partial charge in [0.25, 0.3) is 11.5 Å².